The molecule has 1 fully saturated rings. The summed E-state index contributed by atoms with van der Waals surface area (Å²) in [5, 5.41) is 3.36. The van der Waals surface area contributed by atoms with Crippen molar-refractivity contribution in [1.29, 1.82) is 0 Å². The minimum absolute atomic E-state index is 0.00477. The van der Waals surface area contributed by atoms with Crippen LogP contribution in [0.15, 0.2) is 30.3 Å². The predicted molar refractivity (Wildman–Crippen MR) is 61.9 cm³/mol. The maximum atomic E-state index is 11.6. The Kier molecular flexibility index (Phi) is 3.57. The molecule has 16 heavy (non-hydrogen) atoms. The van der Waals surface area contributed by atoms with Crippen molar-refractivity contribution in [3.63, 3.8) is 0 Å². The van der Waals surface area contributed by atoms with Gasteiger partial charge < -0.3 is 10.1 Å². The standard InChI is InChI=1S/C13H17NO2/c1-2-16-13(15)11-8-12(14-9-11)10-6-4-3-5-7-10/h3-7,11-12,14H,2,8-9H2,1H3/t11-,12-/m0/s1. The lowest BCUT2D eigenvalue weighted by atomic mass is 10.0. The van der Waals surface area contributed by atoms with Crippen LogP contribution in [0.25, 0.3) is 0 Å². The Balaban J connectivity index is 1.96. The Labute approximate surface area is 95.8 Å². The van der Waals surface area contributed by atoms with Gasteiger partial charge in [0.15, 0.2) is 0 Å². The summed E-state index contributed by atoms with van der Waals surface area (Å²) in [5.74, 6) is -0.0708. The Bertz CT molecular complexity index is 350. The molecule has 86 valence electrons. The van der Waals surface area contributed by atoms with Gasteiger partial charge in [-0.3, -0.25) is 4.79 Å². The van der Waals surface area contributed by atoms with Gasteiger partial charge in [0.25, 0.3) is 0 Å². The Morgan fingerprint density at radius 1 is 1.44 bits per heavy atom. The van der Waals surface area contributed by atoms with Crippen LogP contribution in [0.2, 0.25) is 0 Å². The van der Waals surface area contributed by atoms with E-state index in [0.717, 1.165) is 13.0 Å². The van der Waals surface area contributed by atoms with Crippen molar-refractivity contribution in [2.75, 3.05) is 13.2 Å². The van der Waals surface area contributed by atoms with Crippen LogP contribution < -0.4 is 5.32 Å². The SMILES string of the molecule is CCOC(=O)[C@@H]1CN[C@H](c2ccccc2)C1. The molecular weight excluding hydrogens is 202 g/mol. The number of nitrogens with one attached hydrogen (secondary N) is 1. The first kappa shape index (κ1) is 11.1. The molecule has 1 heterocycles. The van der Waals surface area contributed by atoms with E-state index >= 15 is 0 Å². The van der Waals surface area contributed by atoms with E-state index in [-0.39, 0.29) is 17.9 Å². The van der Waals surface area contributed by atoms with E-state index in [1.54, 1.807) is 0 Å². The van der Waals surface area contributed by atoms with Gasteiger partial charge in [-0.1, -0.05) is 30.3 Å². The van der Waals surface area contributed by atoms with E-state index in [2.05, 4.69) is 17.4 Å². The van der Waals surface area contributed by atoms with Gasteiger partial charge in [-0.15, -0.1) is 0 Å². The van der Waals surface area contributed by atoms with E-state index < -0.39 is 0 Å². The highest BCUT2D eigenvalue weighted by Gasteiger charge is 2.30. The molecule has 0 saturated carbocycles. The largest absolute Gasteiger partial charge is 0.466 e. The van der Waals surface area contributed by atoms with Gasteiger partial charge in [0.05, 0.1) is 12.5 Å². The van der Waals surface area contributed by atoms with Crippen LogP contribution in [0.3, 0.4) is 0 Å². The predicted octanol–water partition coefficient (Wildman–Crippen LogP) is 1.90. The molecule has 1 saturated heterocycles. The fraction of sp³-hybridized carbons (Fsp3) is 0.462. The fourth-order valence-corrected chi connectivity index (χ4v) is 2.11. The minimum Gasteiger partial charge on any atom is -0.466 e. The highest BCUT2D eigenvalue weighted by molar-refractivity contribution is 5.73. The second kappa shape index (κ2) is 5.12. The number of ether oxygens (including phenoxy) is 1. The van der Waals surface area contributed by atoms with Gasteiger partial charge in [-0.05, 0) is 18.9 Å². The average Bonchev–Trinajstić information content (AvgIpc) is 2.80. The van der Waals surface area contributed by atoms with Crippen molar-refractivity contribution in [3.05, 3.63) is 35.9 Å². The van der Waals surface area contributed by atoms with Crippen LogP contribution in [0.1, 0.15) is 24.9 Å². The van der Waals surface area contributed by atoms with Crippen molar-refractivity contribution < 1.29 is 9.53 Å². The number of carbonyl (C=O) groups excluding carboxylic acids is 1. The maximum Gasteiger partial charge on any atom is 0.310 e. The number of hydrogen-bond donors (Lipinski definition) is 1. The van der Waals surface area contributed by atoms with Crippen LogP contribution in [0.4, 0.5) is 0 Å². The fourth-order valence-electron chi connectivity index (χ4n) is 2.11. The molecule has 0 unspecified atom stereocenters. The highest BCUT2D eigenvalue weighted by atomic mass is 16.5. The van der Waals surface area contributed by atoms with E-state index in [1.165, 1.54) is 5.56 Å². The van der Waals surface area contributed by atoms with Crippen molar-refractivity contribution in [2.45, 2.75) is 19.4 Å². The van der Waals surface area contributed by atoms with Crippen LogP contribution in [0, 0.1) is 5.92 Å². The molecule has 3 heteroatoms. The van der Waals surface area contributed by atoms with Crippen LogP contribution >= 0.6 is 0 Å². The summed E-state index contributed by atoms with van der Waals surface area (Å²) < 4.78 is 5.03. The molecule has 0 aliphatic carbocycles. The van der Waals surface area contributed by atoms with E-state index in [1.807, 2.05) is 25.1 Å². The lowest BCUT2D eigenvalue weighted by molar-refractivity contribution is -0.147. The second-order valence-electron chi connectivity index (χ2n) is 4.06. The molecule has 1 aliphatic rings. The summed E-state index contributed by atoms with van der Waals surface area (Å²) in [5.41, 5.74) is 1.24. The molecule has 3 nitrogen and oxygen atoms in total. The van der Waals surface area contributed by atoms with Gasteiger partial charge in [-0.2, -0.15) is 0 Å². The second-order valence-corrected chi connectivity index (χ2v) is 4.06. The van der Waals surface area contributed by atoms with E-state index in [9.17, 15) is 4.79 Å². The van der Waals surface area contributed by atoms with Crippen molar-refractivity contribution >= 4 is 5.97 Å². The normalized spacial score (nSPS) is 24.3. The minimum atomic E-state index is -0.0755. The Hall–Kier alpha value is -1.35. The molecule has 1 N–H and O–H groups in total. The zero-order chi connectivity index (χ0) is 11.4. The van der Waals surface area contributed by atoms with Gasteiger partial charge in [0, 0.05) is 12.6 Å². The topological polar surface area (TPSA) is 38.3 Å². The van der Waals surface area contributed by atoms with Gasteiger partial charge in [0.1, 0.15) is 0 Å². The first-order chi connectivity index (χ1) is 7.81. The summed E-state index contributed by atoms with van der Waals surface area (Å²) in [6.45, 7) is 3.03. The molecule has 2 atom stereocenters. The summed E-state index contributed by atoms with van der Waals surface area (Å²) in [7, 11) is 0. The summed E-state index contributed by atoms with van der Waals surface area (Å²) in [6, 6.07) is 10.5. The molecule has 0 spiro atoms. The number of rotatable bonds is 3. The van der Waals surface area contributed by atoms with Gasteiger partial charge >= 0.3 is 5.97 Å². The molecule has 0 amide bonds. The lowest BCUT2D eigenvalue weighted by Gasteiger charge is -2.10. The molecule has 1 aromatic rings. The molecule has 0 bridgehead atoms. The monoisotopic (exact) mass is 219 g/mol. The van der Waals surface area contributed by atoms with Crippen molar-refractivity contribution in [3.8, 4) is 0 Å². The van der Waals surface area contributed by atoms with Crippen LogP contribution in [-0.2, 0) is 9.53 Å². The maximum absolute atomic E-state index is 11.6. The smallest absolute Gasteiger partial charge is 0.310 e. The quantitative estimate of drug-likeness (QED) is 0.789. The highest BCUT2D eigenvalue weighted by Crippen LogP contribution is 2.27. The molecule has 2 rings (SSSR count). The zero-order valence-electron chi connectivity index (χ0n) is 9.48. The number of benzene rings is 1. The van der Waals surface area contributed by atoms with Crippen LogP contribution in [0.5, 0.6) is 0 Å². The number of esters is 1. The third-order valence-corrected chi connectivity index (χ3v) is 2.95. The average molecular weight is 219 g/mol. The first-order valence-corrected chi connectivity index (χ1v) is 5.76. The molecular formula is C13H17NO2. The molecule has 1 aliphatic heterocycles. The summed E-state index contributed by atoms with van der Waals surface area (Å²) in [4.78, 5) is 11.6. The number of hydrogen-bond acceptors (Lipinski definition) is 3. The molecule has 0 radical (unpaired) electrons. The Morgan fingerprint density at radius 3 is 2.88 bits per heavy atom. The third-order valence-electron chi connectivity index (χ3n) is 2.95. The van der Waals surface area contributed by atoms with Gasteiger partial charge in [-0.25, -0.2) is 0 Å². The summed E-state index contributed by atoms with van der Waals surface area (Å²) in [6.07, 6.45) is 0.836. The first-order valence-electron chi connectivity index (χ1n) is 5.76. The molecule has 0 aromatic heterocycles. The summed E-state index contributed by atoms with van der Waals surface area (Å²) >= 11 is 0. The van der Waals surface area contributed by atoms with Crippen LogP contribution in [-0.4, -0.2) is 19.1 Å². The number of carbonyl (C=O) groups is 1. The Morgan fingerprint density at radius 2 is 2.19 bits per heavy atom. The molecule has 1 aromatic carbocycles. The lowest BCUT2D eigenvalue weighted by Crippen LogP contribution is -2.20. The van der Waals surface area contributed by atoms with Crippen molar-refractivity contribution in [1.82, 2.24) is 5.32 Å². The van der Waals surface area contributed by atoms with E-state index in [0.29, 0.717) is 6.61 Å². The van der Waals surface area contributed by atoms with E-state index in [4.69, 9.17) is 4.74 Å². The van der Waals surface area contributed by atoms with Gasteiger partial charge in [0.2, 0.25) is 0 Å². The van der Waals surface area contributed by atoms with Crippen molar-refractivity contribution in [2.24, 2.45) is 5.92 Å². The third kappa shape index (κ3) is 2.42. The zero-order valence-corrected chi connectivity index (χ0v) is 9.48.